The molecule has 0 aromatic carbocycles. The summed E-state index contributed by atoms with van der Waals surface area (Å²) in [4.78, 5) is 28.8. The lowest BCUT2D eigenvalue weighted by Gasteiger charge is -2.35. The molecule has 7 nitrogen and oxygen atoms in total. The molecule has 4 rings (SSSR count). The summed E-state index contributed by atoms with van der Waals surface area (Å²) in [5.41, 5.74) is 2.23. The Morgan fingerprint density at radius 3 is 2.37 bits per heavy atom. The van der Waals surface area contributed by atoms with Gasteiger partial charge in [-0.3, -0.25) is 9.69 Å². The van der Waals surface area contributed by atoms with Crippen LogP contribution in [0.2, 0.25) is 0 Å². The van der Waals surface area contributed by atoms with Crippen molar-refractivity contribution in [2.24, 2.45) is 13.0 Å². The summed E-state index contributed by atoms with van der Waals surface area (Å²) in [6.45, 7) is 2.88. The highest BCUT2D eigenvalue weighted by molar-refractivity contribution is 5.84. The second-order valence-electron chi connectivity index (χ2n) is 8.52. The van der Waals surface area contributed by atoms with Gasteiger partial charge < -0.3 is 15.0 Å². The van der Waals surface area contributed by atoms with Crippen molar-refractivity contribution in [2.75, 3.05) is 13.1 Å². The monoisotopic (exact) mass is 430 g/mol. The van der Waals surface area contributed by atoms with Gasteiger partial charge in [0.15, 0.2) is 0 Å². The van der Waals surface area contributed by atoms with Crippen LogP contribution in [0.3, 0.4) is 0 Å². The zero-order chi connectivity index (χ0) is 21.9. The quantitative estimate of drug-likeness (QED) is 0.767. The first-order chi connectivity index (χ1) is 14.1. The molecule has 2 saturated carbocycles. The van der Waals surface area contributed by atoms with Crippen LogP contribution in [0.4, 0.5) is 13.2 Å². The Morgan fingerprint density at radius 1 is 1.20 bits per heavy atom. The van der Waals surface area contributed by atoms with Crippen molar-refractivity contribution >= 4 is 11.9 Å². The number of carbonyl (C=O) groups is 2. The number of halogens is 3. The van der Waals surface area contributed by atoms with Crippen LogP contribution in [0.5, 0.6) is 0 Å². The highest BCUT2D eigenvalue weighted by Gasteiger charge is 2.38. The summed E-state index contributed by atoms with van der Waals surface area (Å²) >= 11 is 0. The SMILES string of the molecule is Cn1cnc2c1C(C(=O)NC1CCC1)CN(CC1CCCC1)C2.O=C(O)C(F)(F)F. The van der Waals surface area contributed by atoms with E-state index in [-0.39, 0.29) is 11.8 Å². The van der Waals surface area contributed by atoms with E-state index in [1.807, 2.05) is 17.9 Å². The second kappa shape index (κ2) is 9.36. The molecule has 1 aromatic heterocycles. The first kappa shape index (κ1) is 22.6. The van der Waals surface area contributed by atoms with Crippen LogP contribution in [-0.2, 0) is 23.2 Å². The van der Waals surface area contributed by atoms with Crippen molar-refractivity contribution in [3.63, 3.8) is 0 Å². The van der Waals surface area contributed by atoms with E-state index in [4.69, 9.17) is 9.90 Å². The van der Waals surface area contributed by atoms with Gasteiger partial charge in [0.05, 0.1) is 23.6 Å². The van der Waals surface area contributed by atoms with Crippen LogP contribution in [0.15, 0.2) is 6.33 Å². The molecular weight excluding hydrogens is 401 g/mol. The topological polar surface area (TPSA) is 87.5 Å². The molecule has 30 heavy (non-hydrogen) atoms. The average molecular weight is 430 g/mol. The van der Waals surface area contributed by atoms with E-state index in [0.717, 1.165) is 49.8 Å². The maximum absolute atomic E-state index is 12.8. The molecule has 1 aliphatic heterocycles. The molecule has 0 bridgehead atoms. The van der Waals surface area contributed by atoms with Gasteiger partial charge in [-0.1, -0.05) is 12.8 Å². The number of nitrogens with zero attached hydrogens (tertiary/aromatic N) is 3. The van der Waals surface area contributed by atoms with Gasteiger partial charge in [-0.25, -0.2) is 9.78 Å². The zero-order valence-corrected chi connectivity index (χ0v) is 17.1. The number of aliphatic carboxylic acids is 1. The highest BCUT2D eigenvalue weighted by atomic mass is 19.4. The van der Waals surface area contributed by atoms with Crippen molar-refractivity contribution in [2.45, 2.75) is 69.6 Å². The van der Waals surface area contributed by atoms with Crippen molar-refractivity contribution in [3.8, 4) is 0 Å². The molecule has 0 radical (unpaired) electrons. The van der Waals surface area contributed by atoms with Crippen LogP contribution < -0.4 is 5.32 Å². The molecule has 3 aliphatic rings. The highest BCUT2D eigenvalue weighted by Crippen LogP contribution is 2.32. The van der Waals surface area contributed by atoms with E-state index in [2.05, 4.69) is 15.2 Å². The van der Waals surface area contributed by atoms with Gasteiger partial charge in [0.1, 0.15) is 0 Å². The molecule has 168 valence electrons. The van der Waals surface area contributed by atoms with Crippen LogP contribution in [0.1, 0.15) is 62.3 Å². The predicted octanol–water partition coefficient (Wildman–Crippen LogP) is 2.81. The molecular formula is C20H29F3N4O3. The number of alkyl halides is 3. The molecule has 10 heteroatoms. The number of nitrogens with one attached hydrogen (secondary N) is 1. The number of hydrogen-bond acceptors (Lipinski definition) is 4. The molecule has 2 heterocycles. The fraction of sp³-hybridized carbons (Fsp3) is 0.750. The van der Waals surface area contributed by atoms with Crippen molar-refractivity contribution in [1.82, 2.24) is 19.8 Å². The van der Waals surface area contributed by atoms with Gasteiger partial charge in [0.25, 0.3) is 0 Å². The lowest BCUT2D eigenvalue weighted by Crippen LogP contribution is -2.47. The van der Waals surface area contributed by atoms with E-state index >= 15 is 0 Å². The third-order valence-electron chi connectivity index (χ3n) is 6.21. The molecule has 2 fully saturated rings. The predicted molar refractivity (Wildman–Crippen MR) is 103 cm³/mol. The van der Waals surface area contributed by atoms with Crippen LogP contribution in [-0.4, -0.2) is 56.7 Å². The average Bonchev–Trinajstić information content (AvgIpc) is 3.27. The molecule has 1 atom stereocenters. The number of carboxylic acid groups (broad SMARTS) is 1. The Kier molecular flexibility index (Phi) is 7.05. The molecule has 1 amide bonds. The van der Waals surface area contributed by atoms with Gasteiger partial charge in [-0.2, -0.15) is 13.2 Å². The Balaban J connectivity index is 0.000000318. The Hall–Kier alpha value is -2.10. The maximum atomic E-state index is 12.8. The number of aryl methyl sites for hydroxylation is 1. The van der Waals surface area contributed by atoms with Crippen molar-refractivity contribution in [1.29, 1.82) is 0 Å². The largest absolute Gasteiger partial charge is 0.490 e. The van der Waals surface area contributed by atoms with Gasteiger partial charge in [-0.15, -0.1) is 0 Å². The van der Waals surface area contributed by atoms with E-state index < -0.39 is 12.1 Å². The number of hydrogen-bond donors (Lipinski definition) is 2. The lowest BCUT2D eigenvalue weighted by molar-refractivity contribution is -0.192. The summed E-state index contributed by atoms with van der Waals surface area (Å²) in [7, 11) is 2.02. The van der Waals surface area contributed by atoms with Crippen molar-refractivity contribution in [3.05, 3.63) is 17.7 Å². The smallest absolute Gasteiger partial charge is 0.475 e. The minimum Gasteiger partial charge on any atom is -0.475 e. The number of aromatic nitrogens is 2. The number of rotatable bonds is 4. The first-order valence-corrected chi connectivity index (χ1v) is 10.5. The fourth-order valence-corrected chi connectivity index (χ4v) is 4.44. The minimum atomic E-state index is -5.08. The molecule has 1 unspecified atom stereocenters. The number of carbonyl (C=O) groups excluding carboxylic acids is 1. The third kappa shape index (κ3) is 5.53. The number of fused-ring (bicyclic) bond motifs is 1. The van der Waals surface area contributed by atoms with E-state index in [9.17, 15) is 18.0 Å². The van der Waals surface area contributed by atoms with E-state index in [1.165, 1.54) is 32.1 Å². The Bertz CT molecular complexity index is 755. The minimum absolute atomic E-state index is 0.0618. The fourth-order valence-electron chi connectivity index (χ4n) is 4.44. The summed E-state index contributed by atoms with van der Waals surface area (Å²) in [5, 5.41) is 10.4. The van der Waals surface area contributed by atoms with E-state index in [0.29, 0.717) is 6.04 Å². The van der Waals surface area contributed by atoms with Gasteiger partial charge >= 0.3 is 12.1 Å². The zero-order valence-electron chi connectivity index (χ0n) is 17.1. The first-order valence-electron chi connectivity index (χ1n) is 10.5. The Labute approximate surface area is 173 Å². The van der Waals surface area contributed by atoms with Crippen LogP contribution >= 0.6 is 0 Å². The number of imidazole rings is 1. The third-order valence-corrected chi connectivity index (χ3v) is 6.21. The van der Waals surface area contributed by atoms with Crippen LogP contribution in [0, 0.1) is 5.92 Å². The Morgan fingerprint density at radius 2 is 1.83 bits per heavy atom. The number of carboxylic acids is 1. The summed E-state index contributed by atoms with van der Waals surface area (Å²) in [6, 6.07) is 0.407. The molecule has 2 N–H and O–H groups in total. The molecule has 0 spiro atoms. The normalized spacial score (nSPS) is 22.6. The molecule has 2 aliphatic carbocycles. The maximum Gasteiger partial charge on any atom is 0.490 e. The van der Waals surface area contributed by atoms with Crippen molar-refractivity contribution < 1.29 is 27.9 Å². The summed E-state index contributed by atoms with van der Waals surface area (Å²) < 4.78 is 33.8. The van der Waals surface area contributed by atoms with E-state index in [1.54, 1.807) is 0 Å². The second-order valence-corrected chi connectivity index (χ2v) is 8.52. The van der Waals surface area contributed by atoms with Crippen LogP contribution in [0.25, 0.3) is 0 Å². The molecule has 0 saturated heterocycles. The number of amides is 1. The van der Waals surface area contributed by atoms with Gasteiger partial charge in [0, 0.05) is 32.7 Å². The summed E-state index contributed by atoms with van der Waals surface area (Å²) in [5.74, 6) is -1.80. The standard InChI is InChI=1S/C18H28N4O.C2HF3O2/c1-21-12-19-16-11-22(9-13-5-2-3-6-13)10-15(17(16)21)18(23)20-14-7-4-8-14;3-2(4,5)1(6)7/h12-15H,2-11H2,1H3,(H,20,23);(H,6,7). The lowest BCUT2D eigenvalue weighted by atomic mass is 9.90. The molecule has 1 aromatic rings. The van der Waals surface area contributed by atoms with Gasteiger partial charge in [-0.05, 0) is 38.0 Å². The van der Waals surface area contributed by atoms with Gasteiger partial charge in [0.2, 0.25) is 5.91 Å². The summed E-state index contributed by atoms with van der Waals surface area (Å²) in [6.07, 6.45) is 5.77.